The third-order valence-corrected chi connectivity index (χ3v) is 4.07. The number of benzene rings is 1. The summed E-state index contributed by atoms with van der Waals surface area (Å²) in [7, 11) is 0. The first-order chi connectivity index (χ1) is 9.43. The van der Waals surface area contributed by atoms with E-state index in [0.717, 1.165) is 11.1 Å². The van der Waals surface area contributed by atoms with Gasteiger partial charge >= 0.3 is 0 Å². The van der Waals surface area contributed by atoms with Gasteiger partial charge in [-0.2, -0.15) is 0 Å². The van der Waals surface area contributed by atoms with Crippen LogP contribution < -0.4 is 0 Å². The molecule has 2 rings (SSSR count). The molecular formula is C17H20O3. The second-order valence-electron chi connectivity index (χ2n) is 5.65. The van der Waals surface area contributed by atoms with E-state index in [4.69, 9.17) is 0 Å². The van der Waals surface area contributed by atoms with E-state index in [9.17, 15) is 14.4 Å². The lowest BCUT2D eigenvalue weighted by molar-refractivity contribution is -0.142. The van der Waals surface area contributed by atoms with Crippen molar-refractivity contribution in [2.24, 2.45) is 5.92 Å². The summed E-state index contributed by atoms with van der Waals surface area (Å²) in [6.45, 7) is 5.71. The van der Waals surface area contributed by atoms with Crippen LogP contribution in [0.4, 0.5) is 0 Å². The molecule has 0 radical (unpaired) electrons. The summed E-state index contributed by atoms with van der Waals surface area (Å²) < 4.78 is 0. The predicted octanol–water partition coefficient (Wildman–Crippen LogP) is 2.91. The van der Waals surface area contributed by atoms with Crippen molar-refractivity contribution in [1.82, 2.24) is 0 Å². The fraction of sp³-hybridized carbons (Fsp3) is 0.471. The van der Waals surface area contributed by atoms with Crippen LogP contribution in [0.3, 0.4) is 0 Å². The van der Waals surface area contributed by atoms with Crippen molar-refractivity contribution in [3.05, 3.63) is 34.9 Å². The number of Topliss-reactive ketones (excluding diaryl/α,β-unsaturated/α-hetero) is 3. The molecule has 0 N–H and O–H groups in total. The molecule has 0 amide bonds. The minimum Gasteiger partial charge on any atom is -0.298 e. The Balaban J connectivity index is 2.25. The molecule has 1 aliphatic carbocycles. The molecule has 1 aliphatic rings. The molecule has 1 saturated carbocycles. The molecule has 106 valence electrons. The Labute approximate surface area is 119 Å². The van der Waals surface area contributed by atoms with Crippen LogP contribution >= 0.6 is 0 Å². The molecule has 0 unspecified atom stereocenters. The quantitative estimate of drug-likeness (QED) is 0.795. The largest absolute Gasteiger partial charge is 0.298 e. The first-order valence-electron chi connectivity index (χ1n) is 7.09. The van der Waals surface area contributed by atoms with Crippen molar-refractivity contribution in [3.8, 4) is 0 Å². The Bertz CT molecular complexity index is 554. The van der Waals surface area contributed by atoms with Crippen LogP contribution in [0.25, 0.3) is 0 Å². The van der Waals surface area contributed by atoms with Crippen LogP contribution in [0.5, 0.6) is 0 Å². The van der Waals surface area contributed by atoms with Crippen molar-refractivity contribution in [2.75, 3.05) is 0 Å². The van der Waals surface area contributed by atoms with Crippen LogP contribution in [-0.2, 0) is 14.4 Å². The Morgan fingerprint density at radius 3 is 2.25 bits per heavy atom. The zero-order valence-corrected chi connectivity index (χ0v) is 12.2. The standard InChI is InChI=1S/C17H20O3/c1-4-14(18)17-15(19)8-12(9-16(17)20)13-6-5-10(2)7-11(13)3/h5-7,12,17H,4,8-9H2,1-3H3. The van der Waals surface area contributed by atoms with Gasteiger partial charge < -0.3 is 0 Å². The molecule has 0 aliphatic heterocycles. The fourth-order valence-electron chi connectivity index (χ4n) is 3.04. The normalized spacial score (nSPS) is 22.9. The van der Waals surface area contributed by atoms with Crippen molar-refractivity contribution < 1.29 is 14.4 Å². The maximum atomic E-state index is 12.1. The highest BCUT2D eigenvalue weighted by molar-refractivity contribution is 6.20. The number of hydrogen-bond donors (Lipinski definition) is 0. The van der Waals surface area contributed by atoms with Gasteiger partial charge in [0.15, 0.2) is 17.3 Å². The predicted molar refractivity (Wildman–Crippen MR) is 76.7 cm³/mol. The molecule has 0 spiro atoms. The van der Waals surface area contributed by atoms with Crippen LogP contribution in [0, 0.1) is 19.8 Å². The SMILES string of the molecule is CCC(=O)C1C(=O)CC(c2ccc(C)cc2C)CC1=O. The van der Waals surface area contributed by atoms with E-state index in [2.05, 4.69) is 6.07 Å². The number of ketones is 3. The third kappa shape index (κ3) is 2.72. The molecule has 0 aromatic heterocycles. The van der Waals surface area contributed by atoms with Gasteiger partial charge in [0, 0.05) is 19.3 Å². The minimum atomic E-state index is -0.998. The van der Waals surface area contributed by atoms with E-state index >= 15 is 0 Å². The summed E-state index contributed by atoms with van der Waals surface area (Å²) in [5.41, 5.74) is 3.33. The van der Waals surface area contributed by atoms with Crippen LogP contribution in [0.2, 0.25) is 0 Å². The molecular weight excluding hydrogens is 252 g/mol. The van der Waals surface area contributed by atoms with Crippen molar-refractivity contribution in [2.45, 2.75) is 46.0 Å². The van der Waals surface area contributed by atoms with Crippen molar-refractivity contribution >= 4 is 17.3 Å². The number of rotatable bonds is 3. The highest BCUT2D eigenvalue weighted by Gasteiger charge is 2.39. The lowest BCUT2D eigenvalue weighted by atomic mass is 9.74. The minimum absolute atomic E-state index is 0.0727. The number of hydrogen-bond acceptors (Lipinski definition) is 3. The molecule has 1 aromatic carbocycles. The van der Waals surface area contributed by atoms with Crippen LogP contribution in [0.15, 0.2) is 18.2 Å². The van der Waals surface area contributed by atoms with Gasteiger partial charge in [-0.05, 0) is 30.9 Å². The molecule has 1 fully saturated rings. The first-order valence-corrected chi connectivity index (χ1v) is 7.09. The lowest BCUT2D eigenvalue weighted by Crippen LogP contribution is -2.37. The summed E-state index contributed by atoms with van der Waals surface area (Å²) in [4.78, 5) is 36.0. The van der Waals surface area contributed by atoms with Gasteiger partial charge in [-0.25, -0.2) is 0 Å². The second kappa shape index (κ2) is 5.70. The summed E-state index contributed by atoms with van der Waals surface area (Å²) in [6, 6.07) is 6.06. The third-order valence-electron chi connectivity index (χ3n) is 4.07. The molecule has 3 nitrogen and oxygen atoms in total. The summed E-state index contributed by atoms with van der Waals surface area (Å²) in [5.74, 6) is -1.73. The molecule has 0 heterocycles. The fourth-order valence-corrected chi connectivity index (χ4v) is 3.04. The maximum absolute atomic E-state index is 12.1. The van der Waals surface area contributed by atoms with Crippen molar-refractivity contribution in [3.63, 3.8) is 0 Å². The van der Waals surface area contributed by atoms with Crippen molar-refractivity contribution in [1.29, 1.82) is 0 Å². The average Bonchev–Trinajstić information content (AvgIpc) is 2.37. The van der Waals surface area contributed by atoms with Gasteiger partial charge in [0.2, 0.25) is 0 Å². The monoisotopic (exact) mass is 272 g/mol. The molecule has 20 heavy (non-hydrogen) atoms. The van der Waals surface area contributed by atoms with Gasteiger partial charge in [-0.3, -0.25) is 14.4 Å². The summed E-state index contributed by atoms with van der Waals surface area (Å²) >= 11 is 0. The van der Waals surface area contributed by atoms with Gasteiger partial charge in [0.1, 0.15) is 5.92 Å². The molecule has 1 aromatic rings. The van der Waals surface area contributed by atoms with E-state index in [1.54, 1.807) is 6.92 Å². The van der Waals surface area contributed by atoms with E-state index in [0.29, 0.717) is 12.8 Å². The lowest BCUT2D eigenvalue weighted by Gasteiger charge is -2.26. The Morgan fingerprint density at radius 2 is 1.75 bits per heavy atom. The van der Waals surface area contributed by atoms with Crippen LogP contribution in [0.1, 0.15) is 48.8 Å². The van der Waals surface area contributed by atoms with E-state index in [1.807, 2.05) is 26.0 Å². The van der Waals surface area contributed by atoms with Gasteiger partial charge in [-0.1, -0.05) is 30.7 Å². The van der Waals surface area contributed by atoms with E-state index in [-0.39, 0.29) is 29.7 Å². The van der Waals surface area contributed by atoms with E-state index < -0.39 is 5.92 Å². The topological polar surface area (TPSA) is 51.2 Å². The zero-order chi connectivity index (χ0) is 14.9. The van der Waals surface area contributed by atoms with Gasteiger partial charge in [0.05, 0.1) is 0 Å². The Kier molecular flexibility index (Phi) is 4.17. The van der Waals surface area contributed by atoms with E-state index in [1.165, 1.54) is 5.56 Å². The van der Waals surface area contributed by atoms with Gasteiger partial charge in [-0.15, -0.1) is 0 Å². The second-order valence-corrected chi connectivity index (χ2v) is 5.65. The van der Waals surface area contributed by atoms with Gasteiger partial charge in [0.25, 0.3) is 0 Å². The summed E-state index contributed by atoms with van der Waals surface area (Å²) in [5, 5.41) is 0. The number of carbonyl (C=O) groups is 3. The highest BCUT2D eigenvalue weighted by atomic mass is 16.2. The highest BCUT2D eigenvalue weighted by Crippen LogP contribution is 2.34. The molecule has 0 saturated heterocycles. The first kappa shape index (κ1) is 14.6. The zero-order valence-electron chi connectivity index (χ0n) is 12.2. The molecule has 0 atom stereocenters. The maximum Gasteiger partial charge on any atom is 0.151 e. The summed E-state index contributed by atoms with van der Waals surface area (Å²) in [6.07, 6.45) is 0.842. The molecule has 0 bridgehead atoms. The van der Waals surface area contributed by atoms with Crippen LogP contribution in [-0.4, -0.2) is 17.3 Å². The number of carbonyl (C=O) groups excluding carboxylic acids is 3. The smallest absolute Gasteiger partial charge is 0.151 e. The Hall–Kier alpha value is -1.77. The average molecular weight is 272 g/mol. The Morgan fingerprint density at radius 1 is 1.15 bits per heavy atom. The molecule has 3 heteroatoms. The number of aryl methyl sites for hydroxylation is 2.